The minimum absolute atomic E-state index is 0.0128. The molecule has 4 heteroatoms. The van der Waals surface area contributed by atoms with Crippen molar-refractivity contribution in [3.8, 4) is 0 Å². The Bertz CT molecular complexity index is 706. The minimum Gasteiger partial charge on any atom is -0.334 e. The fraction of sp³-hybridized carbons (Fsp3) is 0.409. The Morgan fingerprint density at radius 1 is 1.04 bits per heavy atom. The number of benzene rings is 2. The van der Waals surface area contributed by atoms with Gasteiger partial charge in [0.05, 0.1) is 0 Å². The van der Waals surface area contributed by atoms with Crippen LogP contribution in [-0.4, -0.2) is 29.6 Å². The molecule has 0 radical (unpaired) electrons. The van der Waals surface area contributed by atoms with Gasteiger partial charge in [-0.15, -0.1) is 0 Å². The van der Waals surface area contributed by atoms with Crippen molar-refractivity contribution in [2.45, 2.75) is 45.3 Å². The van der Waals surface area contributed by atoms with Gasteiger partial charge in [-0.25, -0.2) is 4.79 Å². The molecule has 2 N–H and O–H groups in total. The Morgan fingerprint density at radius 2 is 1.69 bits per heavy atom. The maximum absolute atomic E-state index is 13.1. The van der Waals surface area contributed by atoms with E-state index in [1.807, 2.05) is 35.2 Å². The lowest BCUT2D eigenvalue weighted by Gasteiger charge is -2.44. The van der Waals surface area contributed by atoms with Gasteiger partial charge in [0, 0.05) is 18.6 Å². The van der Waals surface area contributed by atoms with Gasteiger partial charge in [0.15, 0.2) is 0 Å². The summed E-state index contributed by atoms with van der Waals surface area (Å²) in [7, 11) is 0. The molecule has 138 valence electrons. The fourth-order valence-corrected chi connectivity index (χ4v) is 3.49. The van der Waals surface area contributed by atoms with Gasteiger partial charge < -0.3 is 15.5 Å². The molecule has 0 aromatic heterocycles. The van der Waals surface area contributed by atoms with E-state index in [-0.39, 0.29) is 11.6 Å². The van der Waals surface area contributed by atoms with E-state index < -0.39 is 0 Å². The van der Waals surface area contributed by atoms with E-state index in [1.54, 1.807) is 0 Å². The zero-order chi connectivity index (χ0) is 18.4. The molecule has 0 aliphatic carbocycles. The summed E-state index contributed by atoms with van der Waals surface area (Å²) < 4.78 is 0. The molecule has 2 aromatic carbocycles. The van der Waals surface area contributed by atoms with Crippen molar-refractivity contribution < 1.29 is 4.79 Å². The van der Waals surface area contributed by atoms with Crippen molar-refractivity contribution in [1.29, 1.82) is 0 Å². The zero-order valence-electron chi connectivity index (χ0n) is 15.8. The Kier molecular flexibility index (Phi) is 5.94. The predicted molar refractivity (Wildman–Crippen MR) is 106 cm³/mol. The zero-order valence-corrected chi connectivity index (χ0v) is 15.8. The third kappa shape index (κ3) is 4.64. The van der Waals surface area contributed by atoms with Gasteiger partial charge in [-0.05, 0) is 50.9 Å². The molecule has 4 nitrogen and oxygen atoms in total. The van der Waals surface area contributed by atoms with Gasteiger partial charge in [-0.3, -0.25) is 0 Å². The Labute approximate surface area is 156 Å². The molecule has 26 heavy (non-hydrogen) atoms. The largest absolute Gasteiger partial charge is 0.334 e. The fourth-order valence-electron chi connectivity index (χ4n) is 3.49. The number of aryl methyl sites for hydroxylation is 1. The Hall–Kier alpha value is -2.33. The molecular weight excluding hydrogens is 322 g/mol. The highest BCUT2D eigenvalue weighted by atomic mass is 16.2. The maximum atomic E-state index is 13.1. The van der Waals surface area contributed by atoms with E-state index in [1.165, 1.54) is 11.1 Å². The number of rotatable bonds is 5. The third-order valence-electron chi connectivity index (χ3n) is 5.33. The van der Waals surface area contributed by atoms with Crippen LogP contribution in [0.15, 0.2) is 54.6 Å². The van der Waals surface area contributed by atoms with Gasteiger partial charge in [0.1, 0.15) is 0 Å². The average molecular weight is 351 g/mol. The van der Waals surface area contributed by atoms with Gasteiger partial charge in [0.2, 0.25) is 0 Å². The summed E-state index contributed by atoms with van der Waals surface area (Å²) in [5.41, 5.74) is 3.40. The van der Waals surface area contributed by atoms with Gasteiger partial charge >= 0.3 is 6.03 Å². The van der Waals surface area contributed by atoms with Crippen LogP contribution in [0.3, 0.4) is 0 Å². The van der Waals surface area contributed by atoms with E-state index >= 15 is 0 Å². The summed E-state index contributed by atoms with van der Waals surface area (Å²) >= 11 is 0. The highest BCUT2D eigenvalue weighted by Crippen LogP contribution is 2.28. The molecule has 2 aromatic rings. The minimum atomic E-state index is -0.128. The van der Waals surface area contributed by atoms with Crippen molar-refractivity contribution in [3.05, 3.63) is 71.3 Å². The van der Waals surface area contributed by atoms with Crippen LogP contribution in [0.25, 0.3) is 0 Å². The smallest absolute Gasteiger partial charge is 0.318 e. The number of amides is 2. The summed E-state index contributed by atoms with van der Waals surface area (Å²) in [4.78, 5) is 15.1. The normalized spacial score (nSPS) is 16.1. The monoisotopic (exact) mass is 351 g/mol. The number of urea groups is 1. The molecule has 2 amide bonds. The standard InChI is InChI=1S/C22H29N3O/c1-18-8-10-20(11-9-18)17-25(22(2)12-14-23-15-13-22)21(26)24-16-19-6-4-3-5-7-19/h3-11,23H,12-17H2,1-2H3,(H,24,26). The van der Waals surface area contributed by atoms with Crippen LogP contribution in [0.5, 0.6) is 0 Å². The molecule has 0 unspecified atom stereocenters. The quantitative estimate of drug-likeness (QED) is 0.859. The van der Waals surface area contributed by atoms with E-state index in [0.29, 0.717) is 13.1 Å². The summed E-state index contributed by atoms with van der Waals surface area (Å²) in [5, 5.41) is 6.52. The second kappa shape index (κ2) is 8.37. The third-order valence-corrected chi connectivity index (χ3v) is 5.33. The second-order valence-corrected chi connectivity index (χ2v) is 7.46. The highest BCUT2D eigenvalue weighted by Gasteiger charge is 2.36. The summed E-state index contributed by atoms with van der Waals surface area (Å²) in [6.45, 7) is 7.39. The highest BCUT2D eigenvalue weighted by molar-refractivity contribution is 5.75. The molecule has 0 bridgehead atoms. The van der Waals surface area contributed by atoms with Crippen LogP contribution < -0.4 is 10.6 Å². The van der Waals surface area contributed by atoms with Crippen LogP contribution >= 0.6 is 0 Å². The molecule has 0 saturated carbocycles. The second-order valence-electron chi connectivity index (χ2n) is 7.46. The van der Waals surface area contributed by atoms with Crippen molar-refractivity contribution in [2.75, 3.05) is 13.1 Å². The Balaban J connectivity index is 1.75. The van der Waals surface area contributed by atoms with E-state index in [9.17, 15) is 4.79 Å². The van der Waals surface area contributed by atoms with Gasteiger partial charge in [-0.1, -0.05) is 60.2 Å². The molecule has 1 heterocycles. The number of hydrogen-bond acceptors (Lipinski definition) is 2. The number of carbonyl (C=O) groups excluding carboxylic acids is 1. The summed E-state index contributed by atoms with van der Waals surface area (Å²) in [5.74, 6) is 0. The van der Waals surface area contributed by atoms with Crippen LogP contribution in [-0.2, 0) is 13.1 Å². The lowest BCUT2D eigenvalue weighted by molar-refractivity contribution is 0.0911. The molecule has 0 atom stereocenters. The molecule has 1 aliphatic heterocycles. The van der Waals surface area contributed by atoms with Crippen LogP contribution in [0.4, 0.5) is 4.79 Å². The van der Waals surface area contributed by atoms with Gasteiger partial charge in [-0.2, -0.15) is 0 Å². The summed E-state index contributed by atoms with van der Waals surface area (Å²) in [6, 6.07) is 18.5. The summed E-state index contributed by atoms with van der Waals surface area (Å²) in [6.07, 6.45) is 1.94. The lowest BCUT2D eigenvalue weighted by atomic mass is 9.88. The number of hydrogen-bond donors (Lipinski definition) is 2. The predicted octanol–water partition coefficient (Wildman–Crippen LogP) is 3.85. The SMILES string of the molecule is Cc1ccc(CN(C(=O)NCc2ccccc2)C2(C)CCNCC2)cc1. The Morgan fingerprint density at radius 3 is 2.35 bits per heavy atom. The van der Waals surface area contributed by atoms with E-state index in [2.05, 4.69) is 48.7 Å². The first-order chi connectivity index (χ1) is 12.6. The number of piperidine rings is 1. The molecule has 3 rings (SSSR count). The van der Waals surface area contributed by atoms with E-state index in [4.69, 9.17) is 0 Å². The van der Waals surface area contributed by atoms with E-state index in [0.717, 1.165) is 31.5 Å². The topological polar surface area (TPSA) is 44.4 Å². The van der Waals surface area contributed by atoms with Crippen molar-refractivity contribution in [3.63, 3.8) is 0 Å². The van der Waals surface area contributed by atoms with Crippen molar-refractivity contribution >= 4 is 6.03 Å². The molecule has 1 saturated heterocycles. The van der Waals surface area contributed by atoms with Crippen LogP contribution in [0.2, 0.25) is 0 Å². The maximum Gasteiger partial charge on any atom is 0.318 e. The molecule has 1 fully saturated rings. The van der Waals surface area contributed by atoms with Crippen molar-refractivity contribution in [2.24, 2.45) is 0 Å². The van der Waals surface area contributed by atoms with Crippen LogP contribution in [0, 0.1) is 6.92 Å². The average Bonchev–Trinajstić information content (AvgIpc) is 2.67. The van der Waals surface area contributed by atoms with Gasteiger partial charge in [0.25, 0.3) is 0 Å². The molecule has 0 spiro atoms. The first-order valence-corrected chi connectivity index (χ1v) is 9.42. The lowest BCUT2D eigenvalue weighted by Crippen LogP contribution is -2.57. The number of carbonyl (C=O) groups is 1. The first kappa shape index (κ1) is 18.5. The van der Waals surface area contributed by atoms with Crippen molar-refractivity contribution in [1.82, 2.24) is 15.5 Å². The molecular formula is C22H29N3O. The number of nitrogens with one attached hydrogen (secondary N) is 2. The number of nitrogens with zero attached hydrogens (tertiary/aromatic N) is 1. The van der Waals surface area contributed by atoms with Crippen LogP contribution in [0.1, 0.15) is 36.5 Å². The first-order valence-electron chi connectivity index (χ1n) is 9.42. The molecule has 1 aliphatic rings.